The topological polar surface area (TPSA) is 32.3 Å². The molecule has 102 valence electrons. The van der Waals surface area contributed by atoms with Gasteiger partial charge in [-0.1, -0.05) is 37.3 Å². The molecular weight excluding hydrogens is 254 g/mol. The first kappa shape index (κ1) is 14.3. The summed E-state index contributed by atoms with van der Waals surface area (Å²) in [5.74, 6) is 0. The van der Waals surface area contributed by atoms with Crippen molar-refractivity contribution in [3.63, 3.8) is 0 Å². The van der Waals surface area contributed by atoms with Crippen LogP contribution in [0, 0.1) is 0 Å². The van der Waals surface area contributed by atoms with Gasteiger partial charge in [0.25, 0.3) is 0 Å². The van der Waals surface area contributed by atoms with Gasteiger partial charge in [0.1, 0.15) is 0 Å². The van der Waals surface area contributed by atoms with E-state index in [2.05, 4.69) is 41.7 Å². The predicted molar refractivity (Wildman–Crippen MR) is 82.4 cm³/mol. The van der Waals surface area contributed by atoms with Crippen molar-refractivity contribution < 1.29 is 5.11 Å². The molecule has 0 aliphatic rings. The Morgan fingerprint density at radius 3 is 2.58 bits per heavy atom. The Morgan fingerprint density at radius 1 is 1.16 bits per heavy atom. The molecule has 0 amide bonds. The van der Waals surface area contributed by atoms with Crippen LogP contribution in [0.4, 0.5) is 0 Å². The molecule has 1 atom stereocenters. The lowest BCUT2D eigenvalue weighted by atomic mass is 10.0. The van der Waals surface area contributed by atoms with Gasteiger partial charge in [-0.3, -0.25) is 0 Å². The highest BCUT2D eigenvalue weighted by Gasteiger charge is 2.16. The Balaban J connectivity index is 1.92. The van der Waals surface area contributed by atoms with E-state index in [0.717, 1.165) is 13.0 Å². The second kappa shape index (κ2) is 6.33. The first-order chi connectivity index (χ1) is 9.11. The maximum absolute atomic E-state index is 9.93. The minimum absolute atomic E-state index is 0.612. The first-order valence-electron chi connectivity index (χ1n) is 6.68. The van der Waals surface area contributed by atoms with Crippen molar-refractivity contribution in [2.75, 3.05) is 6.54 Å². The Kier molecular flexibility index (Phi) is 4.75. The van der Waals surface area contributed by atoms with E-state index in [1.807, 2.05) is 19.9 Å². The molecule has 0 bridgehead atoms. The summed E-state index contributed by atoms with van der Waals surface area (Å²) in [6, 6.07) is 14.7. The van der Waals surface area contributed by atoms with Gasteiger partial charge in [-0.2, -0.15) is 0 Å². The van der Waals surface area contributed by atoms with Crippen LogP contribution < -0.4 is 5.32 Å². The minimum atomic E-state index is -0.612. The lowest BCUT2D eigenvalue weighted by Gasteiger charge is -2.21. The van der Waals surface area contributed by atoms with Crippen molar-refractivity contribution in [1.29, 1.82) is 0 Å². The molecule has 2 nitrogen and oxygen atoms in total. The molecule has 2 rings (SSSR count). The largest absolute Gasteiger partial charge is 0.389 e. The van der Waals surface area contributed by atoms with E-state index >= 15 is 0 Å². The SMILES string of the molecule is CCC(C)(O)CNCc1ccc(-c2ccccc2)s1. The van der Waals surface area contributed by atoms with Crippen molar-refractivity contribution >= 4 is 11.3 Å². The fourth-order valence-electron chi connectivity index (χ4n) is 1.81. The van der Waals surface area contributed by atoms with Crippen LogP contribution in [0.3, 0.4) is 0 Å². The number of hydrogen-bond donors (Lipinski definition) is 2. The highest BCUT2D eigenvalue weighted by molar-refractivity contribution is 7.15. The predicted octanol–water partition coefficient (Wildman–Crippen LogP) is 3.67. The third-order valence-electron chi connectivity index (χ3n) is 3.29. The molecule has 1 unspecified atom stereocenters. The van der Waals surface area contributed by atoms with Crippen LogP contribution in [0.1, 0.15) is 25.1 Å². The summed E-state index contributed by atoms with van der Waals surface area (Å²) in [4.78, 5) is 2.59. The molecule has 3 heteroatoms. The molecule has 0 fully saturated rings. The number of aliphatic hydroxyl groups is 1. The van der Waals surface area contributed by atoms with Gasteiger partial charge in [0.15, 0.2) is 0 Å². The van der Waals surface area contributed by atoms with E-state index in [4.69, 9.17) is 0 Å². The van der Waals surface area contributed by atoms with Gasteiger partial charge in [-0.05, 0) is 31.0 Å². The van der Waals surface area contributed by atoms with Crippen LogP contribution in [0.5, 0.6) is 0 Å². The van der Waals surface area contributed by atoms with E-state index in [1.54, 1.807) is 11.3 Å². The highest BCUT2D eigenvalue weighted by atomic mass is 32.1. The van der Waals surface area contributed by atoms with Crippen LogP contribution in [0.2, 0.25) is 0 Å². The number of benzene rings is 1. The Labute approximate surface area is 119 Å². The van der Waals surface area contributed by atoms with Crippen LogP contribution in [0.15, 0.2) is 42.5 Å². The van der Waals surface area contributed by atoms with Crippen molar-refractivity contribution in [3.8, 4) is 10.4 Å². The van der Waals surface area contributed by atoms with Crippen LogP contribution in [-0.2, 0) is 6.54 Å². The second-order valence-corrected chi connectivity index (χ2v) is 6.25. The first-order valence-corrected chi connectivity index (χ1v) is 7.49. The average molecular weight is 275 g/mol. The van der Waals surface area contributed by atoms with E-state index in [0.29, 0.717) is 6.54 Å². The third kappa shape index (κ3) is 4.16. The summed E-state index contributed by atoms with van der Waals surface area (Å²) in [5.41, 5.74) is 0.652. The normalized spacial score (nSPS) is 14.3. The summed E-state index contributed by atoms with van der Waals surface area (Å²) in [7, 11) is 0. The van der Waals surface area contributed by atoms with Crippen LogP contribution >= 0.6 is 11.3 Å². The smallest absolute Gasteiger partial charge is 0.0741 e. The molecule has 2 N–H and O–H groups in total. The zero-order valence-electron chi connectivity index (χ0n) is 11.5. The molecule has 0 radical (unpaired) electrons. The number of rotatable bonds is 6. The molecule has 1 aromatic carbocycles. The maximum atomic E-state index is 9.93. The van der Waals surface area contributed by atoms with Crippen molar-refractivity contribution in [2.24, 2.45) is 0 Å². The molecule has 1 heterocycles. The number of thiophene rings is 1. The lowest BCUT2D eigenvalue weighted by molar-refractivity contribution is 0.0556. The van der Waals surface area contributed by atoms with Crippen molar-refractivity contribution in [1.82, 2.24) is 5.32 Å². The summed E-state index contributed by atoms with van der Waals surface area (Å²) < 4.78 is 0. The molecule has 0 aliphatic carbocycles. The van der Waals surface area contributed by atoms with Crippen LogP contribution in [0.25, 0.3) is 10.4 Å². The van der Waals surface area contributed by atoms with Gasteiger partial charge in [-0.25, -0.2) is 0 Å². The summed E-state index contributed by atoms with van der Waals surface area (Å²) in [6.07, 6.45) is 0.764. The van der Waals surface area contributed by atoms with Gasteiger partial charge in [0, 0.05) is 22.8 Å². The van der Waals surface area contributed by atoms with E-state index in [1.165, 1.54) is 15.3 Å². The third-order valence-corrected chi connectivity index (χ3v) is 4.42. The molecule has 0 saturated carbocycles. The molecule has 0 aliphatic heterocycles. The van der Waals surface area contributed by atoms with Crippen molar-refractivity contribution in [2.45, 2.75) is 32.4 Å². The lowest BCUT2D eigenvalue weighted by Crippen LogP contribution is -2.36. The van der Waals surface area contributed by atoms with Gasteiger partial charge in [-0.15, -0.1) is 11.3 Å². The Bertz CT molecular complexity index is 504. The fraction of sp³-hybridized carbons (Fsp3) is 0.375. The van der Waals surface area contributed by atoms with Crippen molar-refractivity contribution in [3.05, 3.63) is 47.3 Å². The van der Waals surface area contributed by atoms with E-state index in [9.17, 15) is 5.11 Å². The molecule has 0 saturated heterocycles. The molecule has 2 aromatic rings. The summed E-state index contributed by atoms with van der Waals surface area (Å²) >= 11 is 1.80. The van der Waals surface area contributed by atoms with E-state index < -0.39 is 5.60 Å². The zero-order chi connectivity index (χ0) is 13.7. The molecular formula is C16H21NOS. The molecule has 19 heavy (non-hydrogen) atoms. The van der Waals surface area contributed by atoms with Gasteiger partial charge in [0.05, 0.1) is 5.60 Å². The van der Waals surface area contributed by atoms with Gasteiger partial charge >= 0.3 is 0 Å². The van der Waals surface area contributed by atoms with Gasteiger partial charge in [0.2, 0.25) is 0 Å². The van der Waals surface area contributed by atoms with Crippen LogP contribution in [-0.4, -0.2) is 17.3 Å². The number of nitrogens with one attached hydrogen (secondary N) is 1. The zero-order valence-corrected chi connectivity index (χ0v) is 12.3. The standard InChI is InChI=1S/C16H21NOS/c1-3-16(2,18)12-17-11-14-9-10-15(19-14)13-7-5-4-6-8-13/h4-10,17-18H,3,11-12H2,1-2H3. The second-order valence-electron chi connectivity index (χ2n) is 5.09. The average Bonchev–Trinajstić information content (AvgIpc) is 2.88. The minimum Gasteiger partial charge on any atom is -0.389 e. The summed E-state index contributed by atoms with van der Waals surface area (Å²) in [6.45, 7) is 5.31. The molecule has 0 spiro atoms. The fourth-order valence-corrected chi connectivity index (χ4v) is 2.79. The number of hydrogen-bond acceptors (Lipinski definition) is 3. The Hall–Kier alpha value is -1.16. The summed E-state index contributed by atoms with van der Waals surface area (Å²) in [5, 5.41) is 13.2. The molecule has 1 aromatic heterocycles. The Morgan fingerprint density at radius 2 is 1.89 bits per heavy atom. The highest BCUT2D eigenvalue weighted by Crippen LogP contribution is 2.27. The maximum Gasteiger partial charge on any atom is 0.0741 e. The quantitative estimate of drug-likeness (QED) is 0.843. The van der Waals surface area contributed by atoms with E-state index in [-0.39, 0.29) is 0 Å². The monoisotopic (exact) mass is 275 g/mol. The van der Waals surface area contributed by atoms with Gasteiger partial charge < -0.3 is 10.4 Å².